The zero-order chi connectivity index (χ0) is 23.0. The molecule has 0 aliphatic carbocycles. The second kappa shape index (κ2) is 11.4. The van der Waals surface area contributed by atoms with Crippen LogP contribution >= 0.6 is 11.8 Å². The zero-order valence-electron chi connectivity index (χ0n) is 17.1. The van der Waals surface area contributed by atoms with Gasteiger partial charge in [0.15, 0.2) is 0 Å². The lowest BCUT2D eigenvalue weighted by atomic mass is 9.89. The van der Waals surface area contributed by atoms with Gasteiger partial charge in [-0.25, -0.2) is 4.79 Å². The summed E-state index contributed by atoms with van der Waals surface area (Å²) in [5.41, 5.74) is 0. The molecule has 1 aliphatic rings. The first-order chi connectivity index (χ1) is 14.8. The summed E-state index contributed by atoms with van der Waals surface area (Å²) in [4.78, 5) is 23.6. The van der Waals surface area contributed by atoms with Crippen LogP contribution in [-0.2, 0) is 23.8 Å². The fourth-order valence-corrected chi connectivity index (χ4v) is 4.59. The number of rotatable bonds is 9. The van der Waals surface area contributed by atoms with E-state index in [-0.39, 0.29) is 13.0 Å². The molecule has 0 bridgehead atoms. The monoisotopic (exact) mass is 454 g/mol. The lowest BCUT2D eigenvalue weighted by Gasteiger charge is -2.48. The molecule has 1 heterocycles. The van der Waals surface area contributed by atoms with Crippen LogP contribution in [0.15, 0.2) is 35.2 Å². The Labute approximate surface area is 184 Å². The van der Waals surface area contributed by atoms with Crippen molar-refractivity contribution in [1.29, 1.82) is 5.26 Å². The number of benzene rings is 1. The third-order valence-corrected chi connectivity index (χ3v) is 5.99. The number of ether oxygens (including phenoxy) is 3. The van der Waals surface area contributed by atoms with Crippen molar-refractivity contribution in [3.8, 4) is 6.07 Å². The predicted octanol–water partition coefficient (Wildman–Crippen LogP) is -0.436. The molecular weight excluding hydrogens is 428 g/mol. The van der Waals surface area contributed by atoms with E-state index in [0.29, 0.717) is 4.90 Å². The van der Waals surface area contributed by atoms with E-state index in [1.54, 1.807) is 30.3 Å². The molecule has 0 unspecified atom stereocenters. The Morgan fingerprint density at radius 2 is 2.06 bits per heavy atom. The zero-order valence-corrected chi connectivity index (χ0v) is 17.9. The van der Waals surface area contributed by atoms with Crippen molar-refractivity contribution in [2.24, 2.45) is 0 Å². The van der Waals surface area contributed by atoms with Gasteiger partial charge in [0.25, 0.3) is 0 Å². The molecule has 0 radical (unpaired) electrons. The standard InChI is InChI=1S/C20H26N2O8S/c1-12(24)22-16-15(29-9-8-21)10-20(19(27)28-2,31-13-6-4-3-5-7-13)30-18(16)17(26)14(25)11-23/h3-7,14-18,23,25-26H,9-11H2,1-2H3,(H,22,24)/t14-,15+,16-,17-,18-,20-/m1/s1. The number of carbonyl (C=O) groups is 2. The largest absolute Gasteiger partial charge is 0.466 e. The van der Waals surface area contributed by atoms with Crippen LogP contribution in [0.2, 0.25) is 0 Å². The van der Waals surface area contributed by atoms with Gasteiger partial charge in [-0.05, 0) is 12.1 Å². The number of esters is 1. The van der Waals surface area contributed by atoms with Crippen molar-refractivity contribution in [2.75, 3.05) is 20.3 Å². The molecule has 170 valence electrons. The Bertz CT molecular complexity index is 789. The van der Waals surface area contributed by atoms with Crippen LogP contribution in [0, 0.1) is 11.3 Å². The molecule has 1 saturated heterocycles. The molecule has 1 fully saturated rings. The molecule has 1 aromatic carbocycles. The van der Waals surface area contributed by atoms with Crippen LogP contribution in [0.1, 0.15) is 13.3 Å². The van der Waals surface area contributed by atoms with E-state index in [4.69, 9.17) is 19.5 Å². The molecule has 1 aromatic rings. The maximum absolute atomic E-state index is 12.9. The number of amides is 1. The van der Waals surface area contributed by atoms with Crippen molar-refractivity contribution in [1.82, 2.24) is 5.32 Å². The highest BCUT2D eigenvalue weighted by atomic mass is 32.2. The SMILES string of the molecule is COC(=O)[C@]1(Sc2ccccc2)C[C@H](OCC#N)[C@@H](NC(C)=O)[C@H]([C@H](O)[C@H](O)CO)O1. The molecule has 6 atom stereocenters. The van der Waals surface area contributed by atoms with E-state index in [2.05, 4.69) is 5.32 Å². The predicted molar refractivity (Wildman–Crippen MR) is 109 cm³/mol. The normalized spacial score (nSPS) is 27.5. The van der Waals surface area contributed by atoms with Gasteiger partial charge in [0.05, 0.1) is 31.9 Å². The van der Waals surface area contributed by atoms with Crippen molar-refractivity contribution in [3.05, 3.63) is 30.3 Å². The molecule has 4 N–H and O–H groups in total. The number of nitrogens with zero attached hydrogens (tertiary/aromatic N) is 1. The van der Waals surface area contributed by atoms with E-state index in [9.17, 15) is 24.9 Å². The second-order valence-electron chi connectivity index (χ2n) is 6.92. The quantitative estimate of drug-likeness (QED) is 0.361. The van der Waals surface area contributed by atoms with Gasteiger partial charge in [0.1, 0.15) is 24.9 Å². The summed E-state index contributed by atoms with van der Waals surface area (Å²) in [5.74, 6) is -1.25. The number of methoxy groups -OCH3 is 1. The van der Waals surface area contributed by atoms with Crippen LogP contribution in [-0.4, -0.2) is 82.9 Å². The molecular formula is C20H26N2O8S. The van der Waals surface area contributed by atoms with Crippen LogP contribution in [0.5, 0.6) is 0 Å². The molecule has 0 aromatic heterocycles. The first-order valence-corrected chi connectivity index (χ1v) is 10.3. The number of hydrogen-bond donors (Lipinski definition) is 4. The van der Waals surface area contributed by atoms with Gasteiger partial charge in [0.2, 0.25) is 10.8 Å². The molecule has 0 spiro atoms. The first kappa shape index (κ1) is 25.1. The van der Waals surface area contributed by atoms with Gasteiger partial charge < -0.3 is 34.8 Å². The Hall–Kier alpha value is -2.20. The average Bonchev–Trinajstić information content (AvgIpc) is 2.77. The third kappa shape index (κ3) is 6.16. The van der Waals surface area contributed by atoms with Gasteiger partial charge in [-0.2, -0.15) is 5.26 Å². The van der Waals surface area contributed by atoms with E-state index in [1.807, 2.05) is 6.07 Å². The first-order valence-electron chi connectivity index (χ1n) is 9.51. The number of aliphatic hydroxyl groups is 3. The third-order valence-electron chi connectivity index (χ3n) is 4.72. The van der Waals surface area contributed by atoms with Crippen LogP contribution in [0.25, 0.3) is 0 Å². The highest BCUT2D eigenvalue weighted by molar-refractivity contribution is 8.01. The van der Waals surface area contributed by atoms with Crippen LogP contribution < -0.4 is 5.32 Å². The van der Waals surface area contributed by atoms with Gasteiger partial charge in [-0.1, -0.05) is 30.0 Å². The number of thioether (sulfide) groups is 1. The second-order valence-corrected chi connectivity index (χ2v) is 8.26. The lowest BCUT2D eigenvalue weighted by molar-refractivity contribution is -0.211. The summed E-state index contributed by atoms with van der Waals surface area (Å²) >= 11 is 1.02. The Balaban J connectivity index is 2.53. The van der Waals surface area contributed by atoms with Crippen molar-refractivity contribution in [3.63, 3.8) is 0 Å². The van der Waals surface area contributed by atoms with Gasteiger partial charge in [-0.3, -0.25) is 4.79 Å². The van der Waals surface area contributed by atoms with Crippen LogP contribution in [0.4, 0.5) is 0 Å². The molecule has 31 heavy (non-hydrogen) atoms. The number of carbonyl (C=O) groups excluding carboxylic acids is 2. The van der Waals surface area contributed by atoms with Crippen LogP contribution in [0.3, 0.4) is 0 Å². The molecule has 0 saturated carbocycles. The maximum atomic E-state index is 12.9. The maximum Gasteiger partial charge on any atom is 0.349 e. The summed E-state index contributed by atoms with van der Waals surface area (Å²) in [6.45, 7) is 0.113. The summed E-state index contributed by atoms with van der Waals surface area (Å²) in [5, 5.41) is 41.6. The molecule has 11 heteroatoms. The number of aliphatic hydroxyl groups excluding tert-OH is 3. The summed E-state index contributed by atoms with van der Waals surface area (Å²) in [7, 11) is 1.18. The minimum atomic E-state index is -1.72. The number of nitriles is 1. The Morgan fingerprint density at radius 1 is 1.39 bits per heavy atom. The molecule has 2 rings (SSSR count). The van der Waals surface area contributed by atoms with E-state index < -0.39 is 53.9 Å². The van der Waals surface area contributed by atoms with Gasteiger partial charge in [0, 0.05) is 18.2 Å². The number of nitrogens with one attached hydrogen (secondary N) is 1. The van der Waals surface area contributed by atoms with E-state index >= 15 is 0 Å². The van der Waals surface area contributed by atoms with Crippen molar-refractivity contribution in [2.45, 2.75) is 53.6 Å². The fourth-order valence-electron chi connectivity index (χ4n) is 3.34. The summed E-state index contributed by atoms with van der Waals surface area (Å²) in [6.07, 6.45) is -5.73. The fraction of sp³-hybridized carbons (Fsp3) is 0.550. The molecule has 1 aliphatic heterocycles. The molecule has 10 nitrogen and oxygen atoms in total. The highest BCUT2D eigenvalue weighted by Gasteiger charge is 2.56. The smallest absolute Gasteiger partial charge is 0.349 e. The highest BCUT2D eigenvalue weighted by Crippen LogP contribution is 2.45. The topological polar surface area (TPSA) is 158 Å². The van der Waals surface area contributed by atoms with Crippen molar-refractivity contribution >= 4 is 23.6 Å². The minimum absolute atomic E-state index is 0.121. The van der Waals surface area contributed by atoms with Gasteiger partial charge in [-0.15, -0.1) is 0 Å². The number of hydrogen-bond acceptors (Lipinski definition) is 10. The van der Waals surface area contributed by atoms with Crippen molar-refractivity contribution < 1.29 is 39.1 Å². The average molecular weight is 455 g/mol. The van der Waals surface area contributed by atoms with E-state index in [0.717, 1.165) is 11.8 Å². The Morgan fingerprint density at radius 3 is 2.61 bits per heavy atom. The summed E-state index contributed by atoms with van der Waals surface area (Å²) < 4.78 is 16.6. The lowest BCUT2D eigenvalue weighted by Crippen LogP contribution is -2.67. The molecule has 1 amide bonds. The van der Waals surface area contributed by atoms with E-state index in [1.165, 1.54) is 14.0 Å². The summed E-state index contributed by atoms with van der Waals surface area (Å²) in [6, 6.07) is 9.64. The Kier molecular flexibility index (Phi) is 9.24. The minimum Gasteiger partial charge on any atom is -0.466 e. The van der Waals surface area contributed by atoms with Gasteiger partial charge >= 0.3 is 5.97 Å².